The number of hydrogen-bond donors (Lipinski definition) is 1. The Bertz CT molecular complexity index is 549. The Morgan fingerprint density at radius 1 is 1.56 bits per heavy atom. The first-order chi connectivity index (χ1) is 8.72. The molecule has 0 amide bonds. The van der Waals surface area contributed by atoms with E-state index in [4.69, 9.17) is 16.1 Å². The van der Waals surface area contributed by atoms with Gasteiger partial charge in [-0.25, -0.2) is 0 Å². The van der Waals surface area contributed by atoms with Crippen LogP contribution in [0.5, 0.6) is 0 Å². The Kier molecular flexibility index (Phi) is 3.41. The molecule has 0 saturated carbocycles. The van der Waals surface area contributed by atoms with Crippen molar-refractivity contribution in [3.63, 3.8) is 0 Å². The number of aromatic nitrogens is 1. The van der Waals surface area contributed by atoms with Gasteiger partial charge in [0.25, 0.3) is 0 Å². The molecule has 1 atom stereocenters. The molecular formula is C13H15ClN2OS. The quantitative estimate of drug-likeness (QED) is 0.929. The summed E-state index contributed by atoms with van der Waals surface area (Å²) >= 11 is 7.81. The maximum Gasteiger partial charge on any atom is 0.133 e. The smallest absolute Gasteiger partial charge is 0.133 e. The third-order valence-corrected chi connectivity index (χ3v) is 4.63. The van der Waals surface area contributed by atoms with Gasteiger partial charge in [0, 0.05) is 23.5 Å². The number of nitrogens with one attached hydrogen (secondary N) is 1. The highest BCUT2D eigenvalue weighted by molar-refractivity contribution is 7.16. The molecule has 0 aliphatic heterocycles. The molecule has 0 saturated heterocycles. The minimum atomic E-state index is 0.398. The predicted molar refractivity (Wildman–Crippen MR) is 73.1 cm³/mol. The zero-order valence-corrected chi connectivity index (χ0v) is 11.8. The second-order valence-electron chi connectivity index (χ2n) is 4.68. The van der Waals surface area contributed by atoms with E-state index in [1.807, 2.05) is 13.0 Å². The van der Waals surface area contributed by atoms with Crippen LogP contribution in [-0.2, 0) is 13.0 Å². The number of nitrogens with zero attached hydrogens (tertiary/aromatic N) is 1. The molecule has 5 heteroatoms. The molecule has 1 N–H and O–H groups in total. The van der Waals surface area contributed by atoms with Crippen LogP contribution in [0.4, 0.5) is 0 Å². The zero-order valence-electron chi connectivity index (χ0n) is 10.2. The largest absolute Gasteiger partial charge is 0.361 e. The number of aryl methyl sites for hydroxylation is 2. The average molecular weight is 283 g/mol. The second kappa shape index (κ2) is 5.03. The Labute approximate surface area is 115 Å². The molecule has 3 nitrogen and oxygen atoms in total. The molecular weight excluding hydrogens is 268 g/mol. The second-order valence-corrected chi connectivity index (χ2v) is 6.45. The van der Waals surface area contributed by atoms with Crippen molar-refractivity contribution in [2.75, 3.05) is 0 Å². The van der Waals surface area contributed by atoms with E-state index in [1.165, 1.54) is 16.9 Å². The highest BCUT2D eigenvalue weighted by Gasteiger charge is 2.22. The first-order valence-corrected chi connectivity index (χ1v) is 7.35. The lowest BCUT2D eigenvalue weighted by atomic mass is 9.94. The highest BCUT2D eigenvalue weighted by atomic mass is 35.5. The normalized spacial score (nSPS) is 18.9. The van der Waals surface area contributed by atoms with Crippen molar-refractivity contribution in [3.05, 3.63) is 38.4 Å². The topological polar surface area (TPSA) is 38.1 Å². The van der Waals surface area contributed by atoms with Crippen molar-refractivity contribution in [2.45, 2.75) is 38.8 Å². The van der Waals surface area contributed by atoms with E-state index in [2.05, 4.69) is 16.5 Å². The minimum absolute atomic E-state index is 0.398. The number of hydrogen-bond acceptors (Lipinski definition) is 4. The molecule has 1 unspecified atom stereocenters. The van der Waals surface area contributed by atoms with Crippen LogP contribution in [0.15, 0.2) is 16.7 Å². The summed E-state index contributed by atoms with van der Waals surface area (Å²) in [4.78, 5) is 1.43. The van der Waals surface area contributed by atoms with Gasteiger partial charge in [-0.15, -0.1) is 11.3 Å². The number of thiophene rings is 1. The van der Waals surface area contributed by atoms with E-state index >= 15 is 0 Å². The standard InChI is InChI=1S/C13H15ClN2OS/c1-8-5-9(16-17-8)7-15-11-3-2-4-12-10(11)6-13(14)18-12/h5-6,11,15H,2-4,7H2,1H3. The van der Waals surface area contributed by atoms with E-state index in [-0.39, 0.29) is 0 Å². The van der Waals surface area contributed by atoms with Crippen LogP contribution in [0.1, 0.15) is 40.8 Å². The van der Waals surface area contributed by atoms with Gasteiger partial charge in [0.1, 0.15) is 5.76 Å². The van der Waals surface area contributed by atoms with Crippen molar-refractivity contribution in [1.82, 2.24) is 10.5 Å². The summed E-state index contributed by atoms with van der Waals surface area (Å²) < 4.78 is 5.96. The summed E-state index contributed by atoms with van der Waals surface area (Å²) in [6, 6.07) is 4.47. The van der Waals surface area contributed by atoms with E-state index < -0.39 is 0 Å². The van der Waals surface area contributed by atoms with E-state index in [1.54, 1.807) is 11.3 Å². The van der Waals surface area contributed by atoms with Crippen LogP contribution >= 0.6 is 22.9 Å². The minimum Gasteiger partial charge on any atom is -0.361 e. The summed E-state index contributed by atoms with van der Waals surface area (Å²) in [5, 5.41) is 7.55. The summed E-state index contributed by atoms with van der Waals surface area (Å²) in [5.74, 6) is 0.856. The fourth-order valence-electron chi connectivity index (χ4n) is 2.46. The number of rotatable bonds is 3. The SMILES string of the molecule is Cc1cc(CNC2CCCc3sc(Cl)cc32)no1. The van der Waals surface area contributed by atoms with Crippen LogP contribution in [0.3, 0.4) is 0 Å². The molecule has 0 fully saturated rings. The molecule has 0 aromatic carbocycles. The maximum atomic E-state index is 6.10. The molecule has 2 aromatic rings. The maximum absolute atomic E-state index is 6.10. The fraction of sp³-hybridized carbons (Fsp3) is 0.462. The summed E-state index contributed by atoms with van der Waals surface area (Å²) in [7, 11) is 0. The van der Waals surface area contributed by atoms with Crippen molar-refractivity contribution in [1.29, 1.82) is 0 Å². The molecule has 0 spiro atoms. The van der Waals surface area contributed by atoms with Gasteiger partial charge >= 0.3 is 0 Å². The number of halogens is 1. The van der Waals surface area contributed by atoms with Crippen LogP contribution in [0, 0.1) is 6.92 Å². The lowest BCUT2D eigenvalue weighted by molar-refractivity contribution is 0.382. The van der Waals surface area contributed by atoms with Crippen molar-refractivity contribution in [3.8, 4) is 0 Å². The predicted octanol–water partition coefficient (Wildman–Crippen LogP) is 3.87. The van der Waals surface area contributed by atoms with Gasteiger partial charge in [-0.3, -0.25) is 0 Å². The van der Waals surface area contributed by atoms with Crippen molar-refractivity contribution >= 4 is 22.9 Å². The Balaban J connectivity index is 1.70. The van der Waals surface area contributed by atoms with Crippen LogP contribution in [-0.4, -0.2) is 5.16 Å². The Morgan fingerprint density at radius 3 is 3.22 bits per heavy atom. The van der Waals surface area contributed by atoms with Gasteiger partial charge in [0.15, 0.2) is 0 Å². The first kappa shape index (κ1) is 12.2. The Morgan fingerprint density at radius 2 is 2.44 bits per heavy atom. The molecule has 0 radical (unpaired) electrons. The molecule has 96 valence electrons. The third kappa shape index (κ3) is 2.46. The average Bonchev–Trinajstić information content (AvgIpc) is 2.91. The van der Waals surface area contributed by atoms with Crippen LogP contribution in [0.2, 0.25) is 4.34 Å². The van der Waals surface area contributed by atoms with E-state index in [9.17, 15) is 0 Å². The lowest BCUT2D eigenvalue weighted by Crippen LogP contribution is -2.23. The van der Waals surface area contributed by atoms with Crippen molar-refractivity contribution < 1.29 is 4.52 Å². The van der Waals surface area contributed by atoms with Crippen LogP contribution in [0.25, 0.3) is 0 Å². The fourth-order valence-corrected chi connectivity index (χ4v) is 3.85. The van der Waals surface area contributed by atoms with Crippen molar-refractivity contribution in [2.24, 2.45) is 0 Å². The zero-order chi connectivity index (χ0) is 12.5. The Hall–Kier alpha value is -0.840. The molecule has 3 rings (SSSR count). The van der Waals surface area contributed by atoms with Gasteiger partial charge < -0.3 is 9.84 Å². The summed E-state index contributed by atoms with van der Waals surface area (Å²) in [6.07, 6.45) is 3.55. The first-order valence-electron chi connectivity index (χ1n) is 6.16. The number of fused-ring (bicyclic) bond motifs is 1. The lowest BCUT2D eigenvalue weighted by Gasteiger charge is -2.23. The van der Waals surface area contributed by atoms with Gasteiger partial charge in [-0.1, -0.05) is 16.8 Å². The highest BCUT2D eigenvalue weighted by Crippen LogP contribution is 2.37. The molecule has 2 aromatic heterocycles. The van der Waals surface area contributed by atoms with Gasteiger partial charge in [0.05, 0.1) is 10.0 Å². The molecule has 1 aliphatic carbocycles. The molecule has 1 aliphatic rings. The van der Waals surface area contributed by atoms with Crippen LogP contribution < -0.4 is 5.32 Å². The monoisotopic (exact) mass is 282 g/mol. The third-order valence-electron chi connectivity index (χ3n) is 3.29. The van der Waals surface area contributed by atoms with Gasteiger partial charge in [-0.05, 0) is 37.8 Å². The molecule has 0 bridgehead atoms. The van der Waals surface area contributed by atoms with Gasteiger partial charge in [-0.2, -0.15) is 0 Å². The van der Waals surface area contributed by atoms with E-state index in [0.29, 0.717) is 6.04 Å². The summed E-state index contributed by atoms with van der Waals surface area (Å²) in [6.45, 7) is 2.66. The molecule has 18 heavy (non-hydrogen) atoms. The summed E-state index contributed by atoms with van der Waals surface area (Å²) in [5.41, 5.74) is 2.33. The molecule has 2 heterocycles. The van der Waals surface area contributed by atoms with Gasteiger partial charge in [0.2, 0.25) is 0 Å². The van der Waals surface area contributed by atoms with E-state index in [0.717, 1.165) is 35.2 Å².